The zero-order valence-electron chi connectivity index (χ0n) is 26.1. The Morgan fingerprint density at radius 1 is 0.511 bits per heavy atom. The molecule has 0 atom stereocenters. The summed E-state index contributed by atoms with van der Waals surface area (Å²) in [6, 6.07) is 36.6. The van der Waals surface area contributed by atoms with Crippen LogP contribution in [-0.2, 0) is 9.47 Å². The number of aromatic nitrogens is 2. The molecule has 7 rings (SSSR count). The molecule has 0 unspecified atom stereocenters. The summed E-state index contributed by atoms with van der Waals surface area (Å²) in [5, 5.41) is 3.97. The van der Waals surface area contributed by atoms with Gasteiger partial charge in [-0.3, -0.25) is 0 Å². The van der Waals surface area contributed by atoms with E-state index in [2.05, 4.69) is 0 Å². The van der Waals surface area contributed by atoms with E-state index in [1.54, 1.807) is 15.2 Å². The molecule has 9 nitrogen and oxygen atoms in total. The standard InChI is InChI=1S/C38H33N3O6/c1-39(2)26-23-27(44-19-21-46-37(42)40-33-15-7-3-11-29(33)30-12-4-8-16-34(30)40)25-28(24-26)45-20-22-47-38(43)41-35-17-9-5-13-31(35)32-14-6-10-18-36(32)41/h3-18,23-25H,19-22H2,1-2H3. The number of fused-ring (bicyclic) bond motifs is 6. The maximum absolute atomic E-state index is 13.2. The molecule has 9 heteroatoms. The third-order valence-corrected chi connectivity index (χ3v) is 8.06. The highest BCUT2D eigenvalue weighted by Crippen LogP contribution is 2.31. The average molecular weight is 628 g/mol. The van der Waals surface area contributed by atoms with Crippen LogP contribution in [0, 0.1) is 0 Å². The molecule has 7 aromatic rings. The van der Waals surface area contributed by atoms with Gasteiger partial charge in [-0.25, -0.2) is 18.7 Å². The van der Waals surface area contributed by atoms with E-state index >= 15 is 0 Å². The van der Waals surface area contributed by atoms with Crippen LogP contribution in [0.25, 0.3) is 43.6 Å². The second kappa shape index (κ2) is 12.8. The maximum atomic E-state index is 13.2. The van der Waals surface area contributed by atoms with Gasteiger partial charge in [0.1, 0.15) is 37.9 Å². The molecule has 236 valence electrons. The second-order valence-electron chi connectivity index (χ2n) is 11.2. The predicted molar refractivity (Wildman–Crippen MR) is 184 cm³/mol. The van der Waals surface area contributed by atoms with Gasteiger partial charge < -0.3 is 23.8 Å². The fraction of sp³-hybridized carbons (Fsp3) is 0.158. The Hall–Kier alpha value is -5.96. The van der Waals surface area contributed by atoms with Crippen LogP contribution in [0.1, 0.15) is 0 Å². The van der Waals surface area contributed by atoms with Gasteiger partial charge in [0, 0.05) is 59.5 Å². The van der Waals surface area contributed by atoms with Crippen LogP contribution in [-0.4, -0.2) is 61.8 Å². The summed E-state index contributed by atoms with van der Waals surface area (Å²) in [5.74, 6) is 1.11. The molecule has 0 fully saturated rings. The molecule has 0 saturated heterocycles. The van der Waals surface area contributed by atoms with Crippen molar-refractivity contribution >= 4 is 61.5 Å². The van der Waals surface area contributed by atoms with Crippen molar-refractivity contribution < 1.29 is 28.5 Å². The summed E-state index contributed by atoms with van der Waals surface area (Å²) in [5.41, 5.74) is 4.03. The van der Waals surface area contributed by atoms with Gasteiger partial charge in [-0.05, 0) is 24.3 Å². The topological polar surface area (TPSA) is 84.2 Å². The van der Waals surface area contributed by atoms with Gasteiger partial charge in [0.2, 0.25) is 0 Å². The average Bonchev–Trinajstić information content (AvgIpc) is 3.62. The van der Waals surface area contributed by atoms with Crippen LogP contribution < -0.4 is 14.4 Å². The summed E-state index contributed by atoms with van der Waals surface area (Å²) in [7, 11) is 3.84. The first-order valence-corrected chi connectivity index (χ1v) is 15.4. The highest BCUT2D eigenvalue weighted by molar-refractivity contribution is 6.13. The van der Waals surface area contributed by atoms with Gasteiger partial charge in [0.05, 0.1) is 22.1 Å². The first-order chi connectivity index (χ1) is 23.0. The van der Waals surface area contributed by atoms with E-state index < -0.39 is 12.2 Å². The molecule has 5 aromatic carbocycles. The van der Waals surface area contributed by atoms with Crippen LogP contribution in [0.3, 0.4) is 0 Å². The third-order valence-electron chi connectivity index (χ3n) is 8.06. The maximum Gasteiger partial charge on any atom is 0.419 e. The molecular formula is C38H33N3O6. The summed E-state index contributed by atoms with van der Waals surface area (Å²) < 4.78 is 26.4. The van der Waals surface area contributed by atoms with E-state index in [0.717, 1.165) is 49.3 Å². The van der Waals surface area contributed by atoms with Crippen LogP contribution in [0.15, 0.2) is 115 Å². The quantitative estimate of drug-likeness (QED) is 0.150. The molecule has 0 spiro atoms. The number of ether oxygens (including phenoxy) is 4. The molecule has 2 heterocycles. The lowest BCUT2D eigenvalue weighted by molar-refractivity contribution is 0.126. The van der Waals surface area contributed by atoms with Gasteiger partial charge in [-0.1, -0.05) is 72.8 Å². The van der Waals surface area contributed by atoms with E-state index in [1.165, 1.54) is 0 Å². The zero-order chi connectivity index (χ0) is 32.3. The first-order valence-electron chi connectivity index (χ1n) is 15.4. The predicted octanol–water partition coefficient (Wildman–Crippen LogP) is 8.10. The molecule has 0 bridgehead atoms. The minimum absolute atomic E-state index is 0.0563. The molecule has 0 aliphatic rings. The van der Waals surface area contributed by atoms with Gasteiger partial charge >= 0.3 is 12.2 Å². The van der Waals surface area contributed by atoms with Gasteiger partial charge in [0.25, 0.3) is 0 Å². The Kier molecular flexibility index (Phi) is 8.10. The lowest BCUT2D eigenvalue weighted by Crippen LogP contribution is -2.18. The Balaban J connectivity index is 0.969. The summed E-state index contributed by atoms with van der Waals surface area (Å²) in [4.78, 5) is 28.3. The fourth-order valence-corrected chi connectivity index (χ4v) is 5.93. The van der Waals surface area contributed by atoms with Crippen molar-refractivity contribution in [3.05, 3.63) is 115 Å². The number of para-hydroxylation sites is 4. The largest absolute Gasteiger partial charge is 0.490 e. The zero-order valence-corrected chi connectivity index (χ0v) is 26.1. The van der Waals surface area contributed by atoms with Crippen molar-refractivity contribution in [2.45, 2.75) is 0 Å². The van der Waals surface area contributed by atoms with E-state index in [0.29, 0.717) is 11.5 Å². The fourth-order valence-electron chi connectivity index (χ4n) is 5.93. The SMILES string of the molecule is CN(C)c1cc(OCCOC(=O)n2c3ccccc3c3ccccc32)cc(OCCOC(=O)n2c3ccccc3c3ccccc32)c1. The summed E-state index contributed by atoms with van der Waals surface area (Å²) in [6.45, 7) is 0.409. The van der Waals surface area contributed by atoms with Gasteiger partial charge in [0.15, 0.2) is 0 Å². The molecule has 0 amide bonds. The van der Waals surface area contributed by atoms with Gasteiger partial charge in [-0.15, -0.1) is 0 Å². The number of nitrogens with zero attached hydrogens (tertiary/aromatic N) is 3. The van der Waals surface area contributed by atoms with Crippen LogP contribution in [0.2, 0.25) is 0 Å². The van der Waals surface area contributed by atoms with Crippen molar-refractivity contribution in [1.29, 1.82) is 0 Å². The number of rotatable bonds is 9. The number of carbonyl (C=O) groups is 2. The number of hydrogen-bond acceptors (Lipinski definition) is 7. The molecule has 47 heavy (non-hydrogen) atoms. The molecule has 2 aromatic heterocycles. The van der Waals surface area contributed by atoms with Crippen LogP contribution in [0.5, 0.6) is 11.5 Å². The number of benzene rings is 5. The smallest absolute Gasteiger partial charge is 0.419 e. The summed E-state index contributed by atoms with van der Waals surface area (Å²) in [6.07, 6.45) is -0.931. The van der Waals surface area contributed by atoms with Gasteiger partial charge in [-0.2, -0.15) is 0 Å². The van der Waals surface area contributed by atoms with E-state index in [9.17, 15) is 9.59 Å². The lowest BCUT2D eigenvalue weighted by atomic mass is 10.2. The van der Waals surface area contributed by atoms with Crippen molar-refractivity contribution in [3.63, 3.8) is 0 Å². The molecule has 0 radical (unpaired) electrons. The monoisotopic (exact) mass is 627 g/mol. The van der Waals surface area contributed by atoms with Crippen molar-refractivity contribution in [1.82, 2.24) is 9.13 Å². The van der Waals surface area contributed by atoms with E-state index in [-0.39, 0.29) is 26.4 Å². The number of anilines is 1. The highest BCUT2D eigenvalue weighted by Gasteiger charge is 2.18. The normalized spacial score (nSPS) is 11.3. The number of hydrogen-bond donors (Lipinski definition) is 0. The van der Waals surface area contributed by atoms with Crippen LogP contribution in [0.4, 0.5) is 15.3 Å². The van der Waals surface area contributed by atoms with Crippen molar-refractivity contribution in [2.75, 3.05) is 45.4 Å². The third kappa shape index (κ3) is 5.79. The lowest BCUT2D eigenvalue weighted by Gasteiger charge is -2.17. The Morgan fingerprint density at radius 3 is 1.19 bits per heavy atom. The minimum atomic E-state index is -0.465. The van der Waals surface area contributed by atoms with Crippen molar-refractivity contribution in [3.8, 4) is 11.5 Å². The molecule has 0 saturated carbocycles. The Bertz CT molecular complexity index is 1990. The molecular weight excluding hydrogens is 594 g/mol. The molecule has 0 N–H and O–H groups in total. The number of carbonyl (C=O) groups excluding carboxylic acids is 2. The van der Waals surface area contributed by atoms with E-state index in [4.69, 9.17) is 18.9 Å². The Labute approximate surface area is 271 Å². The first kappa shape index (κ1) is 29.7. The van der Waals surface area contributed by atoms with E-state index in [1.807, 2.05) is 128 Å². The second-order valence-corrected chi connectivity index (χ2v) is 11.2. The van der Waals surface area contributed by atoms with Crippen LogP contribution >= 0.6 is 0 Å². The molecule has 0 aliphatic carbocycles. The Morgan fingerprint density at radius 2 is 0.851 bits per heavy atom. The summed E-state index contributed by atoms with van der Waals surface area (Å²) >= 11 is 0. The molecule has 0 aliphatic heterocycles. The van der Waals surface area contributed by atoms with Crippen molar-refractivity contribution in [2.24, 2.45) is 0 Å². The highest BCUT2D eigenvalue weighted by atomic mass is 16.6. The minimum Gasteiger partial charge on any atom is -0.490 e.